The van der Waals surface area contributed by atoms with Gasteiger partial charge in [0.15, 0.2) is 11.5 Å². The van der Waals surface area contributed by atoms with Crippen molar-refractivity contribution in [3.05, 3.63) is 46.2 Å². The van der Waals surface area contributed by atoms with E-state index in [4.69, 9.17) is 9.47 Å². The van der Waals surface area contributed by atoms with Gasteiger partial charge in [0.2, 0.25) is 0 Å². The summed E-state index contributed by atoms with van der Waals surface area (Å²) in [4.78, 5) is 16.3. The number of carbonyl (C=O) groups is 1. The van der Waals surface area contributed by atoms with Crippen LogP contribution >= 0.6 is 11.3 Å². The van der Waals surface area contributed by atoms with Gasteiger partial charge in [0.25, 0.3) is 0 Å². The Kier molecular flexibility index (Phi) is 6.00. The number of rotatable bonds is 6. The number of ether oxygens (including phenoxy) is 2. The average Bonchev–Trinajstić information content (AvgIpc) is 3.15. The second kappa shape index (κ2) is 8.42. The minimum absolute atomic E-state index is 0.0954. The van der Waals surface area contributed by atoms with E-state index in [1.54, 1.807) is 23.3 Å². The molecule has 2 heterocycles. The van der Waals surface area contributed by atoms with Gasteiger partial charge >= 0.3 is 6.03 Å². The molecule has 1 aliphatic rings. The van der Waals surface area contributed by atoms with Gasteiger partial charge in [-0.15, -0.1) is 0 Å². The predicted octanol–water partition coefficient (Wildman–Crippen LogP) is 2.96. The highest BCUT2D eigenvalue weighted by Gasteiger charge is 2.18. The summed E-state index contributed by atoms with van der Waals surface area (Å²) in [6.45, 7) is 2.20. The molecule has 1 aliphatic heterocycles. The fraction of sp³-hybridized carbons (Fsp3) is 0.421. The van der Waals surface area contributed by atoms with Crippen molar-refractivity contribution < 1.29 is 14.3 Å². The highest BCUT2D eigenvalue weighted by atomic mass is 32.1. The lowest BCUT2D eigenvalue weighted by Gasteiger charge is -2.26. The molecule has 3 rings (SSSR count). The van der Waals surface area contributed by atoms with Gasteiger partial charge in [0.05, 0.1) is 6.04 Å². The second-order valence-electron chi connectivity index (χ2n) is 6.56. The molecule has 140 valence electrons. The molecule has 0 spiro atoms. The van der Waals surface area contributed by atoms with Gasteiger partial charge in [-0.3, -0.25) is 0 Å². The summed E-state index contributed by atoms with van der Waals surface area (Å²) in [5.41, 5.74) is 2.23. The van der Waals surface area contributed by atoms with Crippen LogP contribution in [0.3, 0.4) is 0 Å². The molecule has 1 atom stereocenters. The van der Waals surface area contributed by atoms with Gasteiger partial charge in [0, 0.05) is 20.1 Å². The molecule has 1 aromatic heterocycles. The van der Waals surface area contributed by atoms with E-state index in [1.165, 1.54) is 5.56 Å². The molecule has 0 aliphatic carbocycles. The third kappa shape index (κ3) is 4.47. The molecule has 1 N–H and O–H groups in total. The summed E-state index contributed by atoms with van der Waals surface area (Å²) in [6, 6.07) is 7.96. The molecule has 0 bridgehead atoms. The van der Waals surface area contributed by atoms with Crippen LogP contribution in [0.1, 0.15) is 17.2 Å². The van der Waals surface area contributed by atoms with E-state index in [0.29, 0.717) is 26.3 Å². The predicted molar refractivity (Wildman–Crippen MR) is 103 cm³/mol. The summed E-state index contributed by atoms with van der Waals surface area (Å²) in [6.07, 6.45) is 0. The Morgan fingerprint density at radius 3 is 2.65 bits per heavy atom. The molecule has 26 heavy (non-hydrogen) atoms. The Morgan fingerprint density at radius 2 is 1.96 bits per heavy atom. The first-order valence-corrected chi connectivity index (χ1v) is 9.55. The minimum Gasteiger partial charge on any atom is -0.486 e. The maximum Gasteiger partial charge on any atom is 0.317 e. The van der Waals surface area contributed by atoms with E-state index in [-0.39, 0.29) is 12.1 Å². The van der Waals surface area contributed by atoms with Crippen molar-refractivity contribution in [3.8, 4) is 11.5 Å². The summed E-state index contributed by atoms with van der Waals surface area (Å²) in [5, 5.41) is 7.21. The van der Waals surface area contributed by atoms with Crippen molar-refractivity contribution in [2.24, 2.45) is 0 Å². The quantitative estimate of drug-likeness (QED) is 0.843. The van der Waals surface area contributed by atoms with Crippen molar-refractivity contribution in [3.63, 3.8) is 0 Å². The third-order valence-electron chi connectivity index (χ3n) is 4.37. The van der Waals surface area contributed by atoms with Crippen molar-refractivity contribution in [2.75, 3.05) is 40.9 Å². The van der Waals surface area contributed by atoms with E-state index in [2.05, 4.69) is 27.0 Å². The molecule has 1 aromatic carbocycles. The molecule has 1 unspecified atom stereocenters. The van der Waals surface area contributed by atoms with E-state index in [0.717, 1.165) is 17.1 Å². The van der Waals surface area contributed by atoms with Crippen LogP contribution in [0.15, 0.2) is 35.0 Å². The molecule has 2 aromatic rings. The number of carbonyl (C=O) groups excluding carboxylic acids is 1. The summed E-state index contributed by atoms with van der Waals surface area (Å²) < 4.78 is 11.1. The fourth-order valence-corrected chi connectivity index (χ4v) is 3.62. The lowest BCUT2D eigenvalue weighted by atomic mass is 10.1. The van der Waals surface area contributed by atoms with Crippen LogP contribution in [-0.4, -0.2) is 56.7 Å². The summed E-state index contributed by atoms with van der Waals surface area (Å²) >= 11 is 1.67. The standard InChI is InChI=1S/C19H25N3O3S/c1-21(2)16(15-6-9-26-13-15)11-20-19(23)22(3)12-14-4-5-17-18(10-14)25-8-7-24-17/h4-6,9-10,13,16H,7-8,11-12H2,1-3H3,(H,20,23). The van der Waals surface area contributed by atoms with E-state index in [1.807, 2.05) is 32.3 Å². The number of fused-ring (bicyclic) bond motifs is 1. The van der Waals surface area contributed by atoms with Gasteiger partial charge in [-0.1, -0.05) is 6.07 Å². The van der Waals surface area contributed by atoms with Crippen molar-refractivity contribution in [2.45, 2.75) is 12.6 Å². The first-order chi connectivity index (χ1) is 12.5. The third-order valence-corrected chi connectivity index (χ3v) is 5.07. The maximum atomic E-state index is 12.5. The second-order valence-corrected chi connectivity index (χ2v) is 7.34. The molecule has 0 radical (unpaired) electrons. The van der Waals surface area contributed by atoms with Gasteiger partial charge in [0.1, 0.15) is 13.2 Å². The Bertz CT molecular complexity index is 734. The van der Waals surface area contributed by atoms with Crippen LogP contribution in [0.2, 0.25) is 0 Å². The van der Waals surface area contributed by atoms with Crippen molar-refractivity contribution in [1.82, 2.24) is 15.1 Å². The zero-order valence-electron chi connectivity index (χ0n) is 15.4. The van der Waals surface area contributed by atoms with Gasteiger partial charge in [-0.25, -0.2) is 4.79 Å². The van der Waals surface area contributed by atoms with Crippen molar-refractivity contribution in [1.29, 1.82) is 0 Å². The van der Waals surface area contributed by atoms with Crippen LogP contribution in [0.5, 0.6) is 11.5 Å². The molecule has 2 amide bonds. The van der Waals surface area contributed by atoms with Gasteiger partial charge in [-0.2, -0.15) is 11.3 Å². The fourth-order valence-electron chi connectivity index (χ4n) is 2.91. The first-order valence-electron chi connectivity index (χ1n) is 8.60. The normalized spacial score (nSPS) is 14.2. The van der Waals surface area contributed by atoms with E-state index >= 15 is 0 Å². The monoisotopic (exact) mass is 375 g/mol. The summed E-state index contributed by atoms with van der Waals surface area (Å²) in [7, 11) is 5.84. The maximum absolute atomic E-state index is 12.5. The minimum atomic E-state index is -0.0954. The lowest BCUT2D eigenvalue weighted by Crippen LogP contribution is -2.41. The molecule has 0 saturated carbocycles. The zero-order chi connectivity index (χ0) is 18.5. The topological polar surface area (TPSA) is 54.0 Å². The molecule has 6 nitrogen and oxygen atoms in total. The molecule has 7 heteroatoms. The average molecular weight is 375 g/mol. The Hall–Kier alpha value is -2.25. The molecular weight excluding hydrogens is 350 g/mol. The number of hydrogen-bond acceptors (Lipinski definition) is 5. The van der Waals surface area contributed by atoms with Gasteiger partial charge in [-0.05, 0) is 54.2 Å². The van der Waals surface area contributed by atoms with Crippen LogP contribution in [0.4, 0.5) is 4.79 Å². The molecule has 0 saturated heterocycles. The SMILES string of the molecule is CN(Cc1ccc2c(c1)OCCO2)C(=O)NCC(c1ccsc1)N(C)C. The molecule has 0 fully saturated rings. The first kappa shape index (κ1) is 18.5. The number of thiophene rings is 1. The highest BCUT2D eigenvalue weighted by molar-refractivity contribution is 7.07. The van der Waals surface area contributed by atoms with Crippen LogP contribution in [0.25, 0.3) is 0 Å². The largest absolute Gasteiger partial charge is 0.486 e. The number of likely N-dealkylation sites (N-methyl/N-ethyl adjacent to an activating group) is 1. The number of benzene rings is 1. The number of nitrogens with zero attached hydrogens (tertiary/aromatic N) is 2. The number of urea groups is 1. The van der Waals surface area contributed by atoms with E-state index < -0.39 is 0 Å². The smallest absolute Gasteiger partial charge is 0.317 e. The van der Waals surface area contributed by atoms with Crippen LogP contribution in [0, 0.1) is 0 Å². The van der Waals surface area contributed by atoms with Gasteiger partial charge < -0.3 is 24.6 Å². The van der Waals surface area contributed by atoms with Crippen molar-refractivity contribution >= 4 is 17.4 Å². The highest BCUT2D eigenvalue weighted by Crippen LogP contribution is 2.31. The molecular formula is C19H25N3O3S. The number of hydrogen-bond donors (Lipinski definition) is 1. The number of amides is 2. The number of nitrogens with one attached hydrogen (secondary N) is 1. The lowest BCUT2D eigenvalue weighted by molar-refractivity contribution is 0.171. The zero-order valence-corrected chi connectivity index (χ0v) is 16.2. The van der Waals surface area contributed by atoms with E-state index in [9.17, 15) is 4.79 Å². The Labute approximate surface area is 158 Å². The Balaban J connectivity index is 1.56. The van der Waals surface area contributed by atoms with Crippen LogP contribution in [-0.2, 0) is 6.54 Å². The Morgan fingerprint density at radius 1 is 1.19 bits per heavy atom. The summed E-state index contributed by atoms with van der Waals surface area (Å²) in [5.74, 6) is 1.50. The van der Waals surface area contributed by atoms with Crippen LogP contribution < -0.4 is 14.8 Å².